The van der Waals surface area contributed by atoms with Crippen LogP contribution in [0.3, 0.4) is 0 Å². The molecule has 128 valence electrons. The number of aliphatic hydroxyl groups is 1. The predicted octanol–water partition coefficient (Wildman–Crippen LogP) is 2.67. The molecule has 0 saturated carbocycles. The third-order valence-electron chi connectivity index (χ3n) is 5.09. The van der Waals surface area contributed by atoms with Crippen molar-refractivity contribution in [3.8, 4) is 11.4 Å². The summed E-state index contributed by atoms with van der Waals surface area (Å²) in [6.45, 7) is 5.39. The van der Waals surface area contributed by atoms with Gasteiger partial charge in [-0.3, -0.25) is 4.79 Å². The standard InChI is InChI=1S/C18H23N3O3/c1-3-18(12-22)7-9-21(10-8-18)17(23)15-6-4-5-14(11-15)16-19-13(2)24-20-16/h4-6,11,22H,3,7-10,12H2,1-2H3. The predicted molar refractivity (Wildman–Crippen MR) is 89.4 cm³/mol. The van der Waals surface area contributed by atoms with E-state index in [1.54, 1.807) is 13.0 Å². The molecule has 1 saturated heterocycles. The Balaban J connectivity index is 1.74. The number of rotatable bonds is 4. The Morgan fingerprint density at radius 3 is 2.71 bits per heavy atom. The van der Waals surface area contributed by atoms with E-state index < -0.39 is 0 Å². The van der Waals surface area contributed by atoms with E-state index in [0.717, 1.165) is 24.8 Å². The topological polar surface area (TPSA) is 79.5 Å². The van der Waals surface area contributed by atoms with Crippen molar-refractivity contribution in [2.75, 3.05) is 19.7 Å². The number of aryl methyl sites for hydroxylation is 1. The molecule has 0 bridgehead atoms. The van der Waals surface area contributed by atoms with Gasteiger partial charge in [0.15, 0.2) is 0 Å². The van der Waals surface area contributed by atoms with E-state index in [4.69, 9.17) is 4.52 Å². The van der Waals surface area contributed by atoms with Crippen molar-refractivity contribution < 1.29 is 14.4 Å². The van der Waals surface area contributed by atoms with Crippen molar-refractivity contribution in [1.29, 1.82) is 0 Å². The monoisotopic (exact) mass is 329 g/mol. The van der Waals surface area contributed by atoms with Gasteiger partial charge >= 0.3 is 0 Å². The van der Waals surface area contributed by atoms with Crippen molar-refractivity contribution in [3.05, 3.63) is 35.7 Å². The molecule has 2 heterocycles. The highest BCUT2D eigenvalue weighted by Gasteiger charge is 2.34. The van der Waals surface area contributed by atoms with Crippen LogP contribution in [-0.2, 0) is 0 Å². The fourth-order valence-electron chi connectivity index (χ4n) is 3.20. The Bertz CT molecular complexity index is 712. The van der Waals surface area contributed by atoms with Crippen LogP contribution in [0.15, 0.2) is 28.8 Å². The summed E-state index contributed by atoms with van der Waals surface area (Å²) in [7, 11) is 0. The van der Waals surface area contributed by atoms with Crippen LogP contribution >= 0.6 is 0 Å². The van der Waals surface area contributed by atoms with E-state index >= 15 is 0 Å². The number of likely N-dealkylation sites (tertiary alicyclic amines) is 1. The van der Waals surface area contributed by atoms with Crippen molar-refractivity contribution in [1.82, 2.24) is 15.0 Å². The molecule has 6 heteroatoms. The van der Waals surface area contributed by atoms with Gasteiger partial charge in [0.25, 0.3) is 5.91 Å². The summed E-state index contributed by atoms with van der Waals surface area (Å²) >= 11 is 0. The SMILES string of the molecule is CCC1(CO)CCN(C(=O)c2cccc(-c3noc(C)n3)c2)CC1. The molecule has 0 atom stereocenters. The summed E-state index contributed by atoms with van der Waals surface area (Å²) in [5.41, 5.74) is 1.37. The highest BCUT2D eigenvalue weighted by molar-refractivity contribution is 5.95. The average molecular weight is 329 g/mol. The molecular weight excluding hydrogens is 306 g/mol. The van der Waals surface area contributed by atoms with E-state index in [-0.39, 0.29) is 17.9 Å². The van der Waals surface area contributed by atoms with Gasteiger partial charge in [-0.1, -0.05) is 24.2 Å². The number of carbonyl (C=O) groups excluding carboxylic acids is 1. The highest BCUT2D eigenvalue weighted by atomic mass is 16.5. The molecule has 1 aliphatic rings. The molecule has 1 aliphatic heterocycles. The van der Waals surface area contributed by atoms with Gasteiger partial charge in [0.1, 0.15) is 0 Å². The third-order valence-corrected chi connectivity index (χ3v) is 5.09. The molecular formula is C18H23N3O3. The van der Waals surface area contributed by atoms with Crippen LogP contribution in [-0.4, -0.2) is 45.8 Å². The normalized spacial score (nSPS) is 17.0. The Hall–Kier alpha value is -2.21. The minimum atomic E-state index is -0.0270. The molecule has 1 amide bonds. The Labute approximate surface area is 141 Å². The van der Waals surface area contributed by atoms with Crippen molar-refractivity contribution in [2.24, 2.45) is 5.41 Å². The molecule has 6 nitrogen and oxygen atoms in total. The quantitative estimate of drug-likeness (QED) is 0.933. The van der Waals surface area contributed by atoms with Crippen LogP contribution < -0.4 is 0 Å². The number of nitrogens with zero attached hydrogens (tertiary/aromatic N) is 3. The number of aliphatic hydroxyl groups excluding tert-OH is 1. The first-order chi connectivity index (χ1) is 11.6. The molecule has 0 unspecified atom stereocenters. The fourth-order valence-corrected chi connectivity index (χ4v) is 3.20. The molecule has 24 heavy (non-hydrogen) atoms. The second-order valence-electron chi connectivity index (χ2n) is 6.52. The number of hydrogen-bond acceptors (Lipinski definition) is 5. The summed E-state index contributed by atoms with van der Waals surface area (Å²) in [5, 5.41) is 13.5. The van der Waals surface area contributed by atoms with Gasteiger partial charge in [-0.25, -0.2) is 0 Å². The van der Waals surface area contributed by atoms with E-state index in [1.807, 2.05) is 23.1 Å². The van der Waals surface area contributed by atoms with Crippen molar-refractivity contribution in [2.45, 2.75) is 33.1 Å². The van der Waals surface area contributed by atoms with E-state index in [2.05, 4.69) is 17.1 Å². The fraction of sp³-hybridized carbons (Fsp3) is 0.500. The number of carbonyl (C=O) groups is 1. The Morgan fingerprint density at radius 2 is 2.12 bits per heavy atom. The second kappa shape index (κ2) is 6.73. The van der Waals surface area contributed by atoms with Crippen LogP contribution in [0.25, 0.3) is 11.4 Å². The lowest BCUT2D eigenvalue weighted by molar-refractivity contribution is 0.0338. The average Bonchev–Trinajstić information content (AvgIpc) is 3.08. The van der Waals surface area contributed by atoms with Crippen molar-refractivity contribution >= 4 is 5.91 Å². The van der Waals surface area contributed by atoms with Gasteiger partial charge in [-0.05, 0) is 36.8 Å². The van der Waals surface area contributed by atoms with Crippen molar-refractivity contribution in [3.63, 3.8) is 0 Å². The maximum absolute atomic E-state index is 12.8. The van der Waals surface area contributed by atoms with Crippen LogP contribution in [0.5, 0.6) is 0 Å². The molecule has 1 aromatic heterocycles. The summed E-state index contributed by atoms with van der Waals surface area (Å²) in [6, 6.07) is 7.32. The largest absolute Gasteiger partial charge is 0.396 e. The lowest BCUT2D eigenvalue weighted by Crippen LogP contribution is -2.44. The minimum absolute atomic E-state index is 0.0136. The molecule has 0 spiro atoms. The van der Waals surface area contributed by atoms with Crippen LogP contribution in [0.2, 0.25) is 0 Å². The second-order valence-corrected chi connectivity index (χ2v) is 6.52. The van der Waals surface area contributed by atoms with Gasteiger partial charge in [0, 0.05) is 37.7 Å². The Morgan fingerprint density at radius 1 is 1.38 bits per heavy atom. The maximum atomic E-state index is 12.8. The van der Waals surface area contributed by atoms with Gasteiger partial charge in [0.05, 0.1) is 0 Å². The smallest absolute Gasteiger partial charge is 0.253 e. The zero-order valence-electron chi connectivity index (χ0n) is 14.2. The molecule has 1 aromatic carbocycles. The van der Waals surface area contributed by atoms with Gasteiger partial charge in [-0.2, -0.15) is 4.98 Å². The van der Waals surface area contributed by atoms with Gasteiger partial charge in [-0.15, -0.1) is 0 Å². The first-order valence-electron chi connectivity index (χ1n) is 8.38. The summed E-state index contributed by atoms with van der Waals surface area (Å²) < 4.78 is 5.00. The summed E-state index contributed by atoms with van der Waals surface area (Å²) in [5.74, 6) is 1.00. The lowest BCUT2D eigenvalue weighted by Gasteiger charge is -2.40. The zero-order valence-corrected chi connectivity index (χ0v) is 14.2. The van der Waals surface area contributed by atoms with E-state index in [0.29, 0.717) is 30.4 Å². The number of benzene rings is 1. The molecule has 0 aliphatic carbocycles. The summed E-state index contributed by atoms with van der Waals surface area (Å²) in [6.07, 6.45) is 2.63. The molecule has 3 rings (SSSR count). The van der Waals surface area contributed by atoms with Crippen LogP contribution in [0, 0.1) is 12.3 Å². The highest BCUT2D eigenvalue weighted by Crippen LogP contribution is 2.34. The molecule has 2 aromatic rings. The summed E-state index contributed by atoms with van der Waals surface area (Å²) in [4.78, 5) is 18.8. The number of aromatic nitrogens is 2. The Kier molecular flexibility index (Phi) is 4.66. The number of piperidine rings is 1. The van der Waals surface area contributed by atoms with Gasteiger partial charge in [0.2, 0.25) is 11.7 Å². The first-order valence-corrected chi connectivity index (χ1v) is 8.38. The molecule has 1 fully saturated rings. The maximum Gasteiger partial charge on any atom is 0.253 e. The van der Waals surface area contributed by atoms with Crippen LogP contribution in [0.4, 0.5) is 0 Å². The molecule has 0 radical (unpaired) electrons. The van der Waals surface area contributed by atoms with Gasteiger partial charge < -0.3 is 14.5 Å². The van der Waals surface area contributed by atoms with Crippen LogP contribution in [0.1, 0.15) is 42.4 Å². The molecule has 1 N–H and O–H groups in total. The zero-order chi connectivity index (χ0) is 17.2. The van der Waals surface area contributed by atoms with E-state index in [1.165, 1.54) is 0 Å². The number of hydrogen-bond donors (Lipinski definition) is 1. The third kappa shape index (κ3) is 3.19. The lowest BCUT2D eigenvalue weighted by atomic mass is 9.77. The van der Waals surface area contributed by atoms with E-state index in [9.17, 15) is 9.90 Å². The first kappa shape index (κ1) is 16.6. The number of amides is 1. The minimum Gasteiger partial charge on any atom is -0.396 e.